The lowest BCUT2D eigenvalue weighted by molar-refractivity contribution is -0.130. The Labute approximate surface area is 215 Å². The van der Waals surface area contributed by atoms with Gasteiger partial charge in [-0.1, -0.05) is 11.3 Å². The van der Waals surface area contributed by atoms with E-state index in [1.54, 1.807) is 20.8 Å². The van der Waals surface area contributed by atoms with Gasteiger partial charge >= 0.3 is 5.69 Å². The fourth-order valence-corrected chi connectivity index (χ4v) is 5.78. The van der Waals surface area contributed by atoms with Gasteiger partial charge in [-0.05, 0) is 70.2 Å². The van der Waals surface area contributed by atoms with Gasteiger partial charge in [0.1, 0.15) is 26.9 Å². The topological polar surface area (TPSA) is 124 Å². The quantitative estimate of drug-likeness (QED) is 0.382. The summed E-state index contributed by atoms with van der Waals surface area (Å²) in [5.41, 5.74) is -1.82. The molecule has 0 spiro atoms. The van der Waals surface area contributed by atoms with Gasteiger partial charge in [-0.2, -0.15) is 10.2 Å². The average Bonchev–Trinajstić information content (AvgIpc) is 3.46. The predicted molar refractivity (Wildman–Crippen MR) is 137 cm³/mol. The highest BCUT2D eigenvalue weighted by Crippen LogP contribution is 2.31. The Balaban J connectivity index is 1.69. The number of halogens is 1. The number of rotatable bonds is 7. The predicted octanol–water partition coefficient (Wildman–Crippen LogP) is 2.61. The van der Waals surface area contributed by atoms with Crippen LogP contribution in [0.2, 0.25) is 0 Å². The first kappa shape index (κ1) is 24.9. The number of hydrogen-bond donors (Lipinski definition) is 2. The summed E-state index contributed by atoms with van der Waals surface area (Å²) in [5.74, 6) is -1.02. The highest BCUT2D eigenvalue weighted by atomic mass is 32.1. The van der Waals surface area contributed by atoms with Gasteiger partial charge in [0, 0.05) is 18.2 Å². The SMILES string of the molecule is Cc1c(-n2nccn2)sc2c1c(=O)n(C(C)(C)C(=O)NC1CCC1)c(=O)n2CCc1cc(F)ccc1O. The highest BCUT2D eigenvalue weighted by molar-refractivity contribution is 7.21. The third-order valence-corrected chi connectivity index (χ3v) is 8.27. The number of amides is 1. The molecule has 0 saturated heterocycles. The Kier molecular flexibility index (Phi) is 6.22. The molecule has 10 nitrogen and oxygen atoms in total. The number of nitrogens with one attached hydrogen (secondary N) is 1. The van der Waals surface area contributed by atoms with Gasteiger partial charge in [0.15, 0.2) is 0 Å². The molecule has 0 atom stereocenters. The van der Waals surface area contributed by atoms with Crippen LogP contribution in [-0.4, -0.2) is 41.2 Å². The Morgan fingerprint density at radius 2 is 1.95 bits per heavy atom. The van der Waals surface area contributed by atoms with E-state index in [0.717, 1.165) is 29.9 Å². The van der Waals surface area contributed by atoms with Gasteiger partial charge in [-0.25, -0.2) is 13.8 Å². The zero-order chi connectivity index (χ0) is 26.5. The van der Waals surface area contributed by atoms with E-state index >= 15 is 0 Å². The molecule has 0 bridgehead atoms. The van der Waals surface area contributed by atoms with Crippen LogP contribution in [0.1, 0.15) is 44.2 Å². The maximum Gasteiger partial charge on any atom is 0.333 e. The normalized spacial score (nSPS) is 14.2. The molecule has 1 saturated carbocycles. The molecule has 5 rings (SSSR count). The second kappa shape index (κ2) is 9.25. The zero-order valence-corrected chi connectivity index (χ0v) is 21.5. The Morgan fingerprint density at radius 3 is 2.59 bits per heavy atom. The molecule has 0 radical (unpaired) electrons. The van der Waals surface area contributed by atoms with Crippen molar-refractivity contribution in [3.63, 3.8) is 0 Å². The van der Waals surface area contributed by atoms with Crippen LogP contribution in [0.25, 0.3) is 15.2 Å². The first-order chi connectivity index (χ1) is 17.6. The summed E-state index contributed by atoms with van der Waals surface area (Å²) in [6.07, 6.45) is 5.89. The standard InChI is InChI=1S/C25H27FN6O4S/c1-14-19-20(34)31(25(2,3)23(35)29-17-5-4-6-17)24(36)30(12-9-15-13-16(26)7-8-18(15)33)22(19)37-21(14)32-27-10-11-28-32/h7-8,10-11,13,17,33H,4-6,9,12H2,1-3H3,(H,29,35). The lowest BCUT2D eigenvalue weighted by atomic mass is 9.91. The van der Waals surface area contributed by atoms with Crippen LogP contribution >= 0.6 is 11.3 Å². The number of aryl methyl sites for hydroxylation is 3. The summed E-state index contributed by atoms with van der Waals surface area (Å²) in [4.78, 5) is 42.7. The monoisotopic (exact) mass is 526 g/mol. The number of phenols is 1. The summed E-state index contributed by atoms with van der Waals surface area (Å²) in [7, 11) is 0. The van der Waals surface area contributed by atoms with E-state index in [0.29, 0.717) is 21.0 Å². The van der Waals surface area contributed by atoms with Crippen molar-refractivity contribution >= 4 is 27.5 Å². The lowest BCUT2D eigenvalue weighted by Crippen LogP contribution is -2.57. The minimum atomic E-state index is -1.47. The first-order valence-electron chi connectivity index (χ1n) is 12.0. The third-order valence-electron chi connectivity index (χ3n) is 6.99. The molecule has 0 aliphatic heterocycles. The van der Waals surface area contributed by atoms with Crippen LogP contribution < -0.4 is 16.6 Å². The number of fused-ring (bicyclic) bond motifs is 1. The molecule has 2 N–H and O–H groups in total. The highest BCUT2D eigenvalue weighted by Gasteiger charge is 2.37. The number of hydrogen-bond acceptors (Lipinski definition) is 7. The van der Waals surface area contributed by atoms with Crippen LogP contribution in [0, 0.1) is 12.7 Å². The van der Waals surface area contributed by atoms with E-state index in [1.807, 2.05) is 0 Å². The maximum absolute atomic E-state index is 13.9. The second-order valence-corrected chi connectivity index (χ2v) is 10.8. The number of aromatic nitrogens is 5. The molecule has 1 aliphatic carbocycles. The third kappa shape index (κ3) is 4.24. The number of carbonyl (C=O) groups is 1. The molecule has 3 heterocycles. The van der Waals surface area contributed by atoms with Crippen LogP contribution in [0.3, 0.4) is 0 Å². The van der Waals surface area contributed by atoms with E-state index in [4.69, 9.17) is 0 Å². The summed E-state index contributed by atoms with van der Waals surface area (Å²) < 4.78 is 16.2. The van der Waals surface area contributed by atoms with E-state index < -0.39 is 28.5 Å². The van der Waals surface area contributed by atoms with Gasteiger partial charge in [0.25, 0.3) is 5.56 Å². The molecule has 1 amide bonds. The number of aromatic hydroxyl groups is 1. The Morgan fingerprint density at radius 1 is 1.24 bits per heavy atom. The summed E-state index contributed by atoms with van der Waals surface area (Å²) in [6, 6.07) is 3.65. The molecule has 1 fully saturated rings. The van der Waals surface area contributed by atoms with Crippen molar-refractivity contribution in [2.75, 3.05) is 0 Å². The van der Waals surface area contributed by atoms with Crippen molar-refractivity contribution < 1.29 is 14.3 Å². The molecular weight excluding hydrogens is 499 g/mol. The van der Waals surface area contributed by atoms with Gasteiger partial charge in [0.05, 0.1) is 17.8 Å². The van der Waals surface area contributed by atoms with Crippen LogP contribution in [-0.2, 0) is 23.3 Å². The van der Waals surface area contributed by atoms with Crippen molar-refractivity contribution in [2.45, 2.75) is 64.6 Å². The van der Waals surface area contributed by atoms with Crippen LogP contribution in [0.4, 0.5) is 4.39 Å². The fourth-order valence-electron chi connectivity index (χ4n) is 4.54. The minimum absolute atomic E-state index is 0.0322. The molecule has 4 aromatic rings. The number of carbonyl (C=O) groups excluding carboxylic acids is 1. The van der Waals surface area contributed by atoms with E-state index in [2.05, 4.69) is 15.5 Å². The second-order valence-electron chi connectivity index (χ2n) is 9.79. The molecule has 194 valence electrons. The van der Waals surface area contributed by atoms with Gasteiger partial charge in [-0.15, -0.1) is 4.80 Å². The minimum Gasteiger partial charge on any atom is -0.508 e. The number of benzene rings is 1. The van der Waals surface area contributed by atoms with Gasteiger partial charge in [-0.3, -0.25) is 14.2 Å². The van der Waals surface area contributed by atoms with Crippen molar-refractivity contribution in [3.05, 3.63) is 68.4 Å². The average molecular weight is 527 g/mol. The van der Waals surface area contributed by atoms with E-state index in [-0.39, 0.29) is 30.1 Å². The number of nitrogens with zero attached hydrogens (tertiary/aromatic N) is 5. The van der Waals surface area contributed by atoms with E-state index in [1.165, 1.54) is 45.2 Å². The summed E-state index contributed by atoms with van der Waals surface area (Å²) >= 11 is 1.18. The van der Waals surface area contributed by atoms with Crippen molar-refractivity contribution in [2.24, 2.45) is 0 Å². The molecule has 3 aromatic heterocycles. The van der Waals surface area contributed by atoms with Gasteiger partial charge < -0.3 is 10.4 Å². The lowest BCUT2D eigenvalue weighted by Gasteiger charge is -2.32. The van der Waals surface area contributed by atoms with Gasteiger partial charge in [0.2, 0.25) is 5.91 Å². The Bertz CT molecular complexity index is 1610. The Hall–Kier alpha value is -3.80. The summed E-state index contributed by atoms with van der Waals surface area (Å²) in [5, 5.41) is 22.3. The fraction of sp³-hybridized carbons (Fsp3) is 0.400. The van der Waals surface area contributed by atoms with Crippen LogP contribution in [0.15, 0.2) is 40.2 Å². The first-order valence-corrected chi connectivity index (χ1v) is 12.9. The number of thiophene rings is 1. The summed E-state index contributed by atoms with van der Waals surface area (Å²) in [6.45, 7) is 4.89. The van der Waals surface area contributed by atoms with Crippen molar-refractivity contribution in [1.82, 2.24) is 29.4 Å². The largest absolute Gasteiger partial charge is 0.508 e. The molecule has 1 aromatic carbocycles. The molecule has 37 heavy (non-hydrogen) atoms. The van der Waals surface area contributed by atoms with Crippen LogP contribution in [0.5, 0.6) is 5.75 Å². The number of phenolic OH excluding ortho intramolecular Hbond substituents is 1. The smallest absolute Gasteiger partial charge is 0.333 e. The zero-order valence-electron chi connectivity index (χ0n) is 20.7. The molecular formula is C25H27FN6O4S. The molecule has 0 unspecified atom stereocenters. The van der Waals surface area contributed by atoms with Crippen molar-refractivity contribution in [1.29, 1.82) is 0 Å². The van der Waals surface area contributed by atoms with Crippen molar-refractivity contribution in [3.8, 4) is 10.8 Å². The van der Waals surface area contributed by atoms with E-state index in [9.17, 15) is 23.9 Å². The molecule has 1 aliphatic rings. The molecule has 12 heteroatoms. The maximum atomic E-state index is 13.9.